The molecule has 8 nitrogen and oxygen atoms in total. The number of hydrogen-bond acceptors (Lipinski definition) is 6. The smallest absolute Gasteiger partial charge is 0.410 e. The van der Waals surface area contributed by atoms with Gasteiger partial charge in [-0.3, -0.25) is 9.67 Å². The van der Waals surface area contributed by atoms with E-state index in [2.05, 4.69) is 4.98 Å². The highest BCUT2D eigenvalue weighted by molar-refractivity contribution is 5.91. The predicted octanol–water partition coefficient (Wildman–Crippen LogP) is 4.89. The van der Waals surface area contributed by atoms with Crippen LogP contribution >= 0.6 is 0 Å². The number of carbonyl (C=O) groups excluding carboxylic acids is 2. The van der Waals surface area contributed by atoms with Crippen LogP contribution in [0.15, 0.2) is 55.0 Å². The van der Waals surface area contributed by atoms with Crippen molar-refractivity contribution in [2.45, 2.75) is 51.7 Å². The topological polar surface area (TPSA) is 86.5 Å². The summed E-state index contributed by atoms with van der Waals surface area (Å²) < 4.78 is 12.6. The first-order valence-corrected chi connectivity index (χ1v) is 11.9. The molecule has 1 unspecified atom stereocenters. The fourth-order valence-corrected chi connectivity index (χ4v) is 4.44. The predicted molar refractivity (Wildman–Crippen MR) is 132 cm³/mol. The molecule has 0 saturated carbocycles. The molecule has 3 aromatic rings. The minimum atomic E-state index is -0.550. The number of hydrogen-bond donors (Lipinski definition) is 0. The van der Waals surface area contributed by atoms with Crippen molar-refractivity contribution in [2.75, 3.05) is 20.2 Å². The zero-order chi connectivity index (χ0) is 25.0. The molecule has 1 aromatic carbocycles. The first-order chi connectivity index (χ1) is 16.8. The number of rotatable bonds is 5. The van der Waals surface area contributed by atoms with Gasteiger partial charge >= 0.3 is 12.1 Å². The van der Waals surface area contributed by atoms with Gasteiger partial charge < -0.3 is 14.4 Å². The molecular weight excluding hydrogens is 444 g/mol. The third-order valence-electron chi connectivity index (χ3n) is 6.04. The summed E-state index contributed by atoms with van der Waals surface area (Å²) in [4.78, 5) is 31.2. The molecule has 1 fully saturated rings. The van der Waals surface area contributed by atoms with Crippen molar-refractivity contribution in [3.05, 3.63) is 71.8 Å². The molecule has 1 saturated heterocycles. The minimum Gasteiger partial charge on any atom is -0.465 e. The van der Waals surface area contributed by atoms with E-state index in [9.17, 15) is 9.59 Å². The number of likely N-dealkylation sites (tertiary alicyclic amines) is 1. The maximum Gasteiger partial charge on any atom is 0.410 e. The number of ether oxygens (including phenoxy) is 2. The second-order valence-corrected chi connectivity index (χ2v) is 9.74. The monoisotopic (exact) mass is 476 g/mol. The Morgan fingerprint density at radius 1 is 1.11 bits per heavy atom. The highest BCUT2D eigenvalue weighted by atomic mass is 16.6. The van der Waals surface area contributed by atoms with Crippen LogP contribution in [0.2, 0.25) is 0 Å². The summed E-state index contributed by atoms with van der Waals surface area (Å²) in [5.74, 6) is -0.400. The molecule has 184 valence electrons. The number of esters is 1. The van der Waals surface area contributed by atoms with Crippen LogP contribution in [-0.2, 0) is 15.9 Å². The third-order valence-corrected chi connectivity index (χ3v) is 6.04. The van der Waals surface area contributed by atoms with E-state index >= 15 is 0 Å². The summed E-state index contributed by atoms with van der Waals surface area (Å²) in [6, 6.07) is 11.7. The van der Waals surface area contributed by atoms with E-state index in [-0.39, 0.29) is 12.1 Å². The van der Waals surface area contributed by atoms with Crippen molar-refractivity contribution < 1.29 is 19.1 Å². The molecule has 35 heavy (non-hydrogen) atoms. The first kappa shape index (κ1) is 24.4. The van der Waals surface area contributed by atoms with Gasteiger partial charge in [0.1, 0.15) is 5.60 Å². The van der Waals surface area contributed by atoms with E-state index in [0.717, 1.165) is 35.2 Å². The Morgan fingerprint density at radius 2 is 1.89 bits per heavy atom. The summed E-state index contributed by atoms with van der Waals surface area (Å²) >= 11 is 0. The molecule has 0 N–H and O–H groups in total. The van der Waals surface area contributed by atoms with Gasteiger partial charge in [0, 0.05) is 37.5 Å². The van der Waals surface area contributed by atoms with Gasteiger partial charge in [-0.25, -0.2) is 9.59 Å². The number of benzene rings is 1. The number of aromatic nitrogens is 3. The van der Waals surface area contributed by atoms with Crippen molar-refractivity contribution >= 4 is 12.1 Å². The molecule has 1 aliphatic rings. The van der Waals surface area contributed by atoms with Gasteiger partial charge in [-0.15, -0.1) is 0 Å². The lowest BCUT2D eigenvalue weighted by molar-refractivity contribution is 0.0166. The lowest BCUT2D eigenvalue weighted by Gasteiger charge is -2.34. The first-order valence-electron chi connectivity index (χ1n) is 11.9. The normalized spacial score (nSPS) is 16.1. The van der Waals surface area contributed by atoms with Crippen LogP contribution in [0, 0.1) is 0 Å². The quantitative estimate of drug-likeness (QED) is 0.487. The van der Waals surface area contributed by atoms with Gasteiger partial charge in [0.25, 0.3) is 0 Å². The van der Waals surface area contributed by atoms with E-state index in [4.69, 9.17) is 14.6 Å². The SMILES string of the molecule is COC(=O)c1ccncc1Cc1c(-c2ccccc2)cnn1C1CCCN(C(=O)OC(C)(C)C)C1. The maximum absolute atomic E-state index is 12.8. The molecule has 0 spiro atoms. The molecule has 3 heterocycles. The summed E-state index contributed by atoms with van der Waals surface area (Å²) in [5, 5.41) is 4.78. The van der Waals surface area contributed by atoms with Crippen LogP contribution in [0.3, 0.4) is 0 Å². The van der Waals surface area contributed by atoms with Crippen molar-refractivity contribution in [3.8, 4) is 11.1 Å². The largest absolute Gasteiger partial charge is 0.465 e. The van der Waals surface area contributed by atoms with Gasteiger partial charge in [0.2, 0.25) is 0 Å². The molecule has 1 aliphatic heterocycles. The maximum atomic E-state index is 12.8. The number of methoxy groups -OCH3 is 1. The second kappa shape index (κ2) is 10.3. The van der Waals surface area contributed by atoms with Crippen LogP contribution in [0.4, 0.5) is 4.79 Å². The third kappa shape index (κ3) is 5.70. The van der Waals surface area contributed by atoms with E-state index in [1.54, 1.807) is 23.4 Å². The summed E-state index contributed by atoms with van der Waals surface area (Å²) in [5.41, 5.74) is 3.68. The van der Waals surface area contributed by atoms with E-state index in [1.165, 1.54) is 7.11 Å². The van der Waals surface area contributed by atoms with Gasteiger partial charge in [-0.2, -0.15) is 5.10 Å². The lowest BCUT2D eigenvalue weighted by Crippen LogP contribution is -2.43. The van der Waals surface area contributed by atoms with Crippen LogP contribution in [0.5, 0.6) is 0 Å². The molecule has 2 aromatic heterocycles. The standard InChI is InChI=1S/C27H32N4O4/c1-27(2,3)35-26(33)30-14-8-11-21(18-30)31-24(23(17-29-31)19-9-6-5-7-10-19)15-20-16-28-13-12-22(20)25(32)34-4/h5-7,9-10,12-13,16-17,21H,8,11,14-15,18H2,1-4H3. The van der Waals surface area contributed by atoms with Crippen molar-refractivity contribution in [3.63, 3.8) is 0 Å². The average Bonchev–Trinajstić information content (AvgIpc) is 3.27. The molecule has 1 amide bonds. The number of piperidine rings is 1. The Kier molecular flexibility index (Phi) is 7.19. The van der Waals surface area contributed by atoms with Gasteiger partial charge in [-0.1, -0.05) is 30.3 Å². The Hall–Kier alpha value is -3.68. The Bertz CT molecular complexity index is 1180. The highest BCUT2D eigenvalue weighted by Crippen LogP contribution is 2.31. The van der Waals surface area contributed by atoms with Crippen LogP contribution < -0.4 is 0 Å². The highest BCUT2D eigenvalue weighted by Gasteiger charge is 2.30. The fraction of sp³-hybridized carbons (Fsp3) is 0.407. The second-order valence-electron chi connectivity index (χ2n) is 9.74. The van der Waals surface area contributed by atoms with E-state index < -0.39 is 11.6 Å². The number of nitrogens with zero attached hydrogens (tertiary/aromatic N) is 4. The number of pyridine rings is 1. The van der Waals surface area contributed by atoms with Crippen LogP contribution in [0.1, 0.15) is 61.3 Å². The molecule has 8 heteroatoms. The molecule has 4 rings (SSSR count). The van der Waals surface area contributed by atoms with Crippen LogP contribution in [0.25, 0.3) is 11.1 Å². The molecule has 0 radical (unpaired) electrons. The molecule has 0 aliphatic carbocycles. The summed E-state index contributed by atoms with van der Waals surface area (Å²) in [6.45, 7) is 6.78. The van der Waals surface area contributed by atoms with Crippen molar-refractivity contribution in [2.24, 2.45) is 0 Å². The molecular formula is C27H32N4O4. The average molecular weight is 477 g/mol. The van der Waals surface area contributed by atoms with E-state index in [0.29, 0.717) is 25.1 Å². The zero-order valence-electron chi connectivity index (χ0n) is 20.7. The molecule has 0 bridgehead atoms. The number of amides is 1. The molecule has 1 atom stereocenters. The zero-order valence-corrected chi connectivity index (χ0v) is 20.7. The van der Waals surface area contributed by atoms with Crippen molar-refractivity contribution in [1.29, 1.82) is 0 Å². The Morgan fingerprint density at radius 3 is 2.60 bits per heavy atom. The lowest BCUT2D eigenvalue weighted by atomic mass is 9.98. The van der Waals surface area contributed by atoms with Gasteiger partial charge in [-0.05, 0) is 50.8 Å². The summed E-state index contributed by atoms with van der Waals surface area (Å²) in [6.07, 6.45) is 7.04. The fourth-order valence-electron chi connectivity index (χ4n) is 4.44. The van der Waals surface area contributed by atoms with Crippen molar-refractivity contribution in [1.82, 2.24) is 19.7 Å². The van der Waals surface area contributed by atoms with Gasteiger partial charge in [0.05, 0.1) is 30.6 Å². The van der Waals surface area contributed by atoms with Crippen LogP contribution in [-0.4, -0.2) is 57.5 Å². The summed E-state index contributed by atoms with van der Waals surface area (Å²) in [7, 11) is 1.37. The Balaban J connectivity index is 1.70. The van der Waals surface area contributed by atoms with Gasteiger partial charge in [0.15, 0.2) is 0 Å². The minimum absolute atomic E-state index is 0.0121. The van der Waals surface area contributed by atoms with E-state index in [1.807, 2.05) is 62.0 Å². The Labute approximate surface area is 205 Å². The number of carbonyl (C=O) groups is 2.